The second-order valence-electron chi connectivity index (χ2n) is 5.05. The van der Waals surface area contributed by atoms with Crippen molar-refractivity contribution in [2.24, 2.45) is 0 Å². The van der Waals surface area contributed by atoms with Gasteiger partial charge >= 0.3 is 6.03 Å². The fourth-order valence-electron chi connectivity index (χ4n) is 2.39. The Hall–Kier alpha value is -1.92. The van der Waals surface area contributed by atoms with E-state index in [1.54, 1.807) is 17.5 Å². The van der Waals surface area contributed by atoms with E-state index in [4.69, 9.17) is 0 Å². The Labute approximate surface area is 127 Å². The average molecular weight is 302 g/mol. The number of nitrogens with one attached hydrogen (secondary N) is 3. The van der Waals surface area contributed by atoms with E-state index >= 15 is 0 Å². The summed E-state index contributed by atoms with van der Waals surface area (Å²) in [7, 11) is 0. The molecular weight excluding hydrogens is 284 g/mol. The molecule has 21 heavy (non-hydrogen) atoms. The van der Waals surface area contributed by atoms with Crippen molar-refractivity contribution in [2.75, 3.05) is 23.7 Å². The number of anilines is 2. The molecule has 2 aromatic rings. The molecule has 0 spiro atoms. The molecule has 5 nitrogen and oxygen atoms in total. The summed E-state index contributed by atoms with van der Waals surface area (Å²) >= 11 is 1.56. The highest BCUT2D eigenvalue weighted by molar-refractivity contribution is 7.15. The van der Waals surface area contributed by atoms with E-state index < -0.39 is 0 Å². The third kappa shape index (κ3) is 3.80. The minimum Gasteiger partial charge on any atom is -0.316 e. The number of urea groups is 1. The highest BCUT2D eigenvalue weighted by atomic mass is 32.1. The Balaban J connectivity index is 1.57. The molecule has 0 saturated carbocycles. The predicted octanol–water partition coefficient (Wildman–Crippen LogP) is 3.25. The van der Waals surface area contributed by atoms with E-state index in [0.29, 0.717) is 5.92 Å². The van der Waals surface area contributed by atoms with Crippen LogP contribution in [0.3, 0.4) is 0 Å². The molecule has 0 bridgehead atoms. The highest BCUT2D eigenvalue weighted by Gasteiger charge is 2.18. The predicted molar refractivity (Wildman–Crippen MR) is 86.0 cm³/mol. The molecule has 1 atom stereocenters. The molecule has 0 aliphatic carbocycles. The molecule has 1 aromatic heterocycles. The molecular formula is C15H18N4OS. The molecule has 0 unspecified atom stereocenters. The number of rotatable bonds is 3. The first-order chi connectivity index (χ1) is 10.3. The third-order valence-electron chi connectivity index (χ3n) is 3.44. The summed E-state index contributed by atoms with van der Waals surface area (Å²) in [5.41, 5.74) is 0.774. The monoisotopic (exact) mass is 302 g/mol. The zero-order chi connectivity index (χ0) is 14.5. The second kappa shape index (κ2) is 6.69. The average Bonchev–Trinajstić information content (AvgIpc) is 2.97. The lowest BCUT2D eigenvalue weighted by molar-refractivity contribution is 0.262. The van der Waals surface area contributed by atoms with Crippen LogP contribution >= 0.6 is 11.3 Å². The number of aromatic nitrogens is 1. The van der Waals surface area contributed by atoms with Gasteiger partial charge in [0.25, 0.3) is 0 Å². The summed E-state index contributed by atoms with van der Waals surface area (Å²) in [5, 5.41) is 10.9. The van der Waals surface area contributed by atoms with Gasteiger partial charge in [-0.3, -0.25) is 5.32 Å². The Morgan fingerprint density at radius 1 is 1.29 bits per heavy atom. The number of amides is 2. The quantitative estimate of drug-likeness (QED) is 0.815. The standard InChI is InChI=1S/C15H18N4OS/c20-15(18-12-6-2-1-3-7-12)19-13-10-17-14(21-13)11-5-4-8-16-9-11/h1-3,6-7,10-11,16H,4-5,8-9H2,(H2,18,19,20)/t11-/m0/s1. The van der Waals surface area contributed by atoms with E-state index in [-0.39, 0.29) is 6.03 Å². The first-order valence-electron chi connectivity index (χ1n) is 7.11. The van der Waals surface area contributed by atoms with Gasteiger partial charge < -0.3 is 10.6 Å². The number of benzene rings is 1. The van der Waals surface area contributed by atoms with E-state index in [1.807, 2.05) is 30.3 Å². The smallest absolute Gasteiger partial charge is 0.316 e. The highest BCUT2D eigenvalue weighted by Crippen LogP contribution is 2.29. The van der Waals surface area contributed by atoms with Crippen molar-refractivity contribution in [2.45, 2.75) is 18.8 Å². The molecule has 2 heterocycles. The van der Waals surface area contributed by atoms with Crippen LogP contribution < -0.4 is 16.0 Å². The Morgan fingerprint density at radius 3 is 2.90 bits per heavy atom. The Morgan fingerprint density at radius 2 is 2.14 bits per heavy atom. The SMILES string of the molecule is O=C(Nc1ccccc1)Nc1cnc([C@H]2CCCNC2)s1. The molecule has 1 saturated heterocycles. The number of carbonyl (C=O) groups is 1. The van der Waals surface area contributed by atoms with E-state index in [0.717, 1.165) is 35.2 Å². The van der Waals surface area contributed by atoms with Crippen molar-refractivity contribution >= 4 is 28.1 Å². The summed E-state index contributed by atoms with van der Waals surface area (Å²) in [6.45, 7) is 2.07. The number of carbonyl (C=O) groups excluding carboxylic acids is 1. The van der Waals surface area contributed by atoms with Crippen molar-refractivity contribution < 1.29 is 4.79 Å². The van der Waals surface area contributed by atoms with Crippen LogP contribution in [0.4, 0.5) is 15.5 Å². The second-order valence-corrected chi connectivity index (χ2v) is 6.11. The molecule has 0 radical (unpaired) electrons. The normalized spacial score (nSPS) is 18.2. The first kappa shape index (κ1) is 14.0. The number of hydrogen-bond donors (Lipinski definition) is 3. The molecule has 1 aliphatic rings. The van der Waals surface area contributed by atoms with Crippen molar-refractivity contribution in [3.05, 3.63) is 41.5 Å². The topological polar surface area (TPSA) is 66.0 Å². The molecule has 6 heteroatoms. The minimum atomic E-state index is -0.238. The number of para-hydroxylation sites is 1. The number of hydrogen-bond acceptors (Lipinski definition) is 4. The van der Waals surface area contributed by atoms with E-state index in [1.165, 1.54) is 6.42 Å². The number of thiazole rings is 1. The molecule has 2 amide bonds. The summed E-state index contributed by atoms with van der Waals surface area (Å²) < 4.78 is 0. The Bertz CT molecular complexity index is 593. The van der Waals surface area contributed by atoms with Crippen molar-refractivity contribution in [1.82, 2.24) is 10.3 Å². The fourth-order valence-corrected chi connectivity index (χ4v) is 3.34. The number of nitrogens with zero attached hydrogens (tertiary/aromatic N) is 1. The summed E-state index contributed by atoms with van der Waals surface area (Å²) in [5.74, 6) is 0.469. The summed E-state index contributed by atoms with van der Waals surface area (Å²) in [6, 6.07) is 9.15. The van der Waals surface area contributed by atoms with Gasteiger partial charge in [0.2, 0.25) is 0 Å². The van der Waals surface area contributed by atoms with Gasteiger partial charge in [-0.1, -0.05) is 18.2 Å². The summed E-state index contributed by atoms with van der Waals surface area (Å²) in [4.78, 5) is 16.3. The van der Waals surface area contributed by atoms with Gasteiger partial charge in [-0.05, 0) is 31.5 Å². The zero-order valence-corrected chi connectivity index (χ0v) is 12.5. The lowest BCUT2D eigenvalue weighted by Gasteiger charge is -2.20. The molecule has 3 rings (SSSR count). The van der Waals surface area contributed by atoms with Crippen LogP contribution in [0.15, 0.2) is 36.5 Å². The van der Waals surface area contributed by atoms with Gasteiger partial charge in [-0.25, -0.2) is 9.78 Å². The first-order valence-corrected chi connectivity index (χ1v) is 7.92. The molecule has 1 aliphatic heterocycles. The summed E-state index contributed by atoms with van der Waals surface area (Å²) in [6.07, 6.45) is 4.08. The van der Waals surface area contributed by atoms with Gasteiger partial charge in [-0.15, -0.1) is 11.3 Å². The van der Waals surface area contributed by atoms with Gasteiger partial charge in [0.05, 0.1) is 11.2 Å². The van der Waals surface area contributed by atoms with Gasteiger partial charge in [-0.2, -0.15) is 0 Å². The van der Waals surface area contributed by atoms with Crippen molar-refractivity contribution in [3.8, 4) is 0 Å². The van der Waals surface area contributed by atoms with Crippen LogP contribution in [-0.2, 0) is 0 Å². The van der Waals surface area contributed by atoms with Gasteiger partial charge in [0, 0.05) is 18.2 Å². The van der Waals surface area contributed by atoms with Crippen LogP contribution in [-0.4, -0.2) is 24.1 Å². The van der Waals surface area contributed by atoms with Gasteiger partial charge in [0.15, 0.2) is 0 Å². The van der Waals surface area contributed by atoms with Crippen LogP contribution in [0, 0.1) is 0 Å². The minimum absolute atomic E-state index is 0.238. The maximum Gasteiger partial charge on any atom is 0.324 e. The van der Waals surface area contributed by atoms with Crippen LogP contribution in [0.25, 0.3) is 0 Å². The molecule has 1 aromatic carbocycles. The van der Waals surface area contributed by atoms with Gasteiger partial charge in [0.1, 0.15) is 5.00 Å². The van der Waals surface area contributed by atoms with Crippen LogP contribution in [0.5, 0.6) is 0 Å². The van der Waals surface area contributed by atoms with E-state index in [9.17, 15) is 4.79 Å². The number of piperidine rings is 1. The Kier molecular flexibility index (Phi) is 4.47. The lowest BCUT2D eigenvalue weighted by Crippen LogP contribution is -2.28. The fraction of sp³-hybridized carbons (Fsp3) is 0.333. The third-order valence-corrected chi connectivity index (χ3v) is 4.51. The van der Waals surface area contributed by atoms with Crippen LogP contribution in [0.1, 0.15) is 23.8 Å². The van der Waals surface area contributed by atoms with E-state index in [2.05, 4.69) is 20.9 Å². The molecule has 3 N–H and O–H groups in total. The lowest BCUT2D eigenvalue weighted by atomic mass is 10.0. The molecule has 110 valence electrons. The van der Waals surface area contributed by atoms with Crippen molar-refractivity contribution in [1.29, 1.82) is 0 Å². The zero-order valence-electron chi connectivity index (χ0n) is 11.6. The van der Waals surface area contributed by atoms with Crippen molar-refractivity contribution in [3.63, 3.8) is 0 Å². The molecule has 1 fully saturated rings. The van der Waals surface area contributed by atoms with Crippen LogP contribution in [0.2, 0.25) is 0 Å². The maximum absolute atomic E-state index is 11.9. The maximum atomic E-state index is 11.9. The largest absolute Gasteiger partial charge is 0.324 e.